The van der Waals surface area contributed by atoms with E-state index in [2.05, 4.69) is 4.72 Å². The second-order valence-corrected chi connectivity index (χ2v) is 10.1. The summed E-state index contributed by atoms with van der Waals surface area (Å²) in [6, 6.07) is 13.5. The highest BCUT2D eigenvalue weighted by atomic mass is 35.5. The van der Waals surface area contributed by atoms with Crippen molar-refractivity contribution < 1.29 is 21.2 Å². The van der Waals surface area contributed by atoms with Gasteiger partial charge in [0, 0.05) is 0 Å². The standard InChI is InChI=1S/C18H12Cl2FNO4S2/c19-17-8-7-15(11-18(17)20)27(23,24)14-5-2-6-16(10-14)28(25,26)22-13-4-1-3-12(21)9-13/h1-11,22H. The molecule has 10 heteroatoms. The predicted octanol–water partition coefficient (Wildman–Crippen LogP) is 4.77. The van der Waals surface area contributed by atoms with E-state index < -0.39 is 25.7 Å². The maximum absolute atomic E-state index is 13.3. The quantitative estimate of drug-likeness (QED) is 0.595. The first-order chi connectivity index (χ1) is 13.1. The summed E-state index contributed by atoms with van der Waals surface area (Å²) in [5.41, 5.74) is 0.0118. The van der Waals surface area contributed by atoms with Gasteiger partial charge in [0.05, 0.1) is 30.4 Å². The molecule has 0 spiro atoms. The highest BCUT2D eigenvalue weighted by Crippen LogP contribution is 2.29. The van der Waals surface area contributed by atoms with Gasteiger partial charge in [-0.15, -0.1) is 0 Å². The third-order valence-electron chi connectivity index (χ3n) is 3.70. The predicted molar refractivity (Wildman–Crippen MR) is 106 cm³/mol. The molecule has 0 fully saturated rings. The SMILES string of the molecule is O=S(=O)(Nc1cccc(F)c1)c1cccc(S(=O)(=O)c2ccc(Cl)c(Cl)c2)c1. The Hall–Kier alpha value is -2.13. The first-order valence-corrected chi connectivity index (χ1v) is 11.4. The first kappa shape index (κ1) is 20.6. The van der Waals surface area contributed by atoms with Crippen LogP contribution in [0.3, 0.4) is 0 Å². The van der Waals surface area contributed by atoms with Crippen LogP contribution in [0.1, 0.15) is 0 Å². The number of hydrogen-bond acceptors (Lipinski definition) is 4. The Labute approximate surface area is 171 Å². The molecule has 0 radical (unpaired) electrons. The lowest BCUT2D eigenvalue weighted by Gasteiger charge is -2.10. The van der Waals surface area contributed by atoms with Gasteiger partial charge in [0.2, 0.25) is 9.84 Å². The van der Waals surface area contributed by atoms with Gasteiger partial charge in [-0.05, 0) is 54.6 Å². The van der Waals surface area contributed by atoms with Gasteiger partial charge in [-0.25, -0.2) is 21.2 Å². The van der Waals surface area contributed by atoms with Gasteiger partial charge >= 0.3 is 0 Å². The van der Waals surface area contributed by atoms with Gasteiger partial charge < -0.3 is 0 Å². The third kappa shape index (κ3) is 4.30. The first-order valence-electron chi connectivity index (χ1n) is 7.68. The third-order valence-corrected chi connectivity index (χ3v) is 7.57. The van der Waals surface area contributed by atoms with E-state index in [4.69, 9.17) is 23.2 Å². The Bertz CT molecular complexity index is 1260. The van der Waals surface area contributed by atoms with Crippen molar-refractivity contribution in [1.82, 2.24) is 0 Å². The lowest BCUT2D eigenvalue weighted by Crippen LogP contribution is -2.14. The molecular formula is C18H12Cl2FNO4S2. The summed E-state index contributed by atoms with van der Waals surface area (Å²) in [5, 5.41) is 0.246. The average Bonchev–Trinajstić information content (AvgIpc) is 2.63. The van der Waals surface area contributed by atoms with Crippen molar-refractivity contribution in [2.45, 2.75) is 14.7 Å². The van der Waals surface area contributed by atoms with Crippen molar-refractivity contribution >= 4 is 48.7 Å². The number of halogens is 3. The molecule has 0 aliphatic rings. The number of benzene rings is 3. The largest absolute Gasteiger partial charge is 0.280 e. The average molecular weight is 460 g/mol. The second-order valence-electron chi connectivity index (χ2n) is 5.67. The van der Waals surface area contributed by atoms with Crippen LogP contribution in [-0.2, 0) is 19.9 Å². The maximum atomic E-state index is 13.3. The highest BCUT2D eigenvalue weighted by molar-refractivity contribution is 7.93. The molecule has 0 unspecified atom stereocenters. The van der Waals surface area contributed by atoms with Crippen molar-refractivity contribution in [3.63, 3.8) is 0 Å². The number of anilines is 1. The summed E-state index contributed by atoms with van der Waals surface area (Å²) >= 11 is 11.7. The number of sulfone groups is 1. The Kier molecular flexibility index (Phi) is 5.67. The molecule has 5 nitrogen and oxygen atoms in total. The van der Waals surface area contributed by atoms with Crippen LogP contribution in [0, 0.1) is 5.82 Å². The summed E-state index contributed by atoms with van der Waals surface area (Å²) < 4.78 is 66.2. The fourth-order valence-electron chi connectivity index (χ4n) is 2.35. The van der Waals surface area contributed by atoms with Crippen LogP contribution in [0.15, 0.2) is 81.4 Å². The minimum atomic E-state index is -4.14. The van der Waals surface area contributed by atoms with E-state index in [1.807, 2.05) is 0 Å². The van der Waals surface area contributed by atoms with Crippen molar-refractivity contribution in [3.8, 4) is 0 Å². The van der Waals surface area contributed by atoms with E-state index in [0.717, 1.165) is 12.1 Å². The van der Waals surface area contributed by atoms with E-state index in [1.165, 1.54) is 54.6 Å². The zero-order valence-electron chi connectivity index (χ0n) is 13.9. The fraction of sp³-hybridized carbons (Fsp3) is 0. The molecule has 3 aromatic carbocycles. The molecule has 0 bridgehead atoms. The number of rotatable bonds is 5. The normalized spacial score (nSPS) is 12.0. The maximum Gasteiger partial charge on any atom is 0.261 e. The van der Waals surface area contributed by atoms with Gasteiger partial charge in [0.15, 0.2) is 0 Å². The summed E-state index contributed by atoms with van der Waals surface area (Å²) in [6.45, 7) is 0. The molecule has 1 N–H and O–H groups in total. The summed E-state index contributed by atoms with van der Waals surface area (Å²) in [7, 11) is -8.17. The molecule has 0 aromatic heterocycles. The number of sulfonamides is 1. The van der Waals surface area contributed by atoms with Gasteiger partial charge in [-0.3, -0.25) is 4.72 Å². The van der Waals surface area contributed by atoms with Crippen LogP contribution in [0.2, 0.25) is 10.0 Å². The van der Waals surface area contributed by atoms with Crippen molar-refractivity contribution in [2.75, 3.05) is 4.72 Å². The monoisotopic (exact) mass is 459 g/mol. The van der Waals surface area contributed by atoms with E-state index >= 15 is 0 Å². The van der Waals surface area contributed by atoms with Gasteiger partial charge in [0.1, 0.15) is 5.82 Å². The summed E-state index contributed by atoms with van der Waals surface area (Å²) in [4.78, 5) is -0.666. The Morgan fingerprint density at radius 1 is 0.714 bits per heavy atom. The topological polar surface area (TPSA) is 80.3 Å². The molecule has 0 aliphatic carbocycles. The summed E-state index contributed by atoms with van der Waals surface area (Å²) in [5.74, 6) is -0.615. The highest BCUT2D eigenvalue weighted by Gasteiger charge is 2.22. The van der Waals surface area contributed by atoms with Crippen molar-refractivity contribution in [3.05, 3.63) is 82.6 Å². The lowest BCUT2D eigenvalue weighted by atomic mass is 10.3. The molecular weight excluding hydrogens is 448 g/mol. The van der Waals surface area contributed by atoms with Gasteiger partial charge in [-0.1, -0.05) is 35.3 Å². The van der Waals surface area contributed by atoms with Gasteiger partial charge in [0.25, 0.3) is 10.0 Å². The molecule has 3 aromatic rings. The molecule has 0 amide bonds. The smallest absolute Gasteiger partial charge is 0.261 e. The Morgan fingerprint density at radius 2 is 1.36 bits per heavy atom. The fourth-order valence-corrected chi connectivity index (χ4v) is 5.22. The van der Waals surface area contributed by atoms with Crippen LogP contribution in [0.25, 0.3) is 0 Å². The van der Waals surface area contributed by atoms with Crippen LogP contribution in [-0.4, -0.2) is 16.8 Å². The van der Waals surface area contributed by atoms with Crippen LogP contribution < -0.4 is 4.72 Å². The van der Waals surface area contributed by atoms with Crippen molar-refractivity contribution in [1.29, 1.82) is 0 Å². The summed E-state index contributed by atoms with van der Waals surface area (Å²) in [6.07, 6.45) is 0. The Morgan fingerprint density at radius 3 is 2.04 bits per heavy atom. The lowest BCUT2D eigenvalue weighted by molar-refractivity contribution is 0.595. The Balaban J connectivity index is 2.00. The zero-order chi connectivity index (χ0) is 20.5. The number of nitrogens with one attached hydrogen (secondary N) is 1. The van der Waals surface area contributed by atoms with E-state index in [-0.39, 0.29) is 30.4 Å². The van der Waals surface area contributed by atoms with Crippen LogP contribution >= 0.6 is 23.2 Å². The molecule has 0 aliphatic heterocycles. The van der Waals surface area contributed by atoms with Crippen LogP contribution in [0.4, 0.5) is 10.1 Å². The van der Waals surface area contributed by atoms with Gasteiger partial charge in [-0.2, -0.15) is 0 Å². The molecule has 28 heavy (non-hydrogen) atoms. The molecule has 0 heterocycles. The minimum absolute atomic E-state index is 0.0118. The molecule has 146 valence electrons. The number of hydrogen-bond donors (Lipinski definition) is 1. The van der Waals surface area contributed by atoms with E-state index in [9.17, 15) is 21.2 Å². The second kappa shape index (κ2) is 7.71. The van der Waals surface area contributed by atoms with Crippen LogP contribution in [0.5, 0.6) is 0 Å². The van der Waals surface area contributed by atoms with E-state index in [1.54, 1.807) is 0 Å². The molecule has 0 saturated heterocycles. The minimum Gasteiger partial charge on any atom is -0.280 e. The zero-order valence-corrected chi connectivity index (χ0v) is 17.1. The van der Waals surface area contributed by atoms with Crippen molar-refractivity contribution in [2.24, 2.45) is 0 Å². The molecule has 3 rings (SSSR count). The molecule has 0 atom stereocenters. The molecule has 0 saturated carbocycles. The van der Waals surface area contributed by atoms with E-state index in [0.29, 0.717) is 0 Å².